The van der Waals surface area contributed by atoms with Crippen LogP contribution in [0.25, 0.3) is 0 Å². The van der Waals surface area contributed by atoms with Gasteiger partial charge in [0, 0.05) is 31.6 Å². The van der Waals surface area contributed by atoms with Crippen molar-refractivity contribution >= 4 is 11.5 Å². The molecule has 1 fully saturated rings. The lowest BCUT2D eigenvalue weighted by Gasteiger charge is -2.28. The van der Waals surface area contributed by atoms with Crippen molar-refractivity contribution < 1.29 is 4.79 Å². The third-order valence-corrected chi connectivity index (χ3v) is 3.24. The van der Waals surface area contributed by atoms with Crippen LogP contribution in [0.5, 0.6) is 0 Å². The molecule has 0 bridgehead atoms. The van der Waals surface area contributed by atoms with Gasteiger partial charge in [-0.05, 0) is 30.0 Å². The van der Waals surface area contributed by atoms with E-state index in [9.17, 15) is 4.79 Å². The van der Waals surface area contributed by atoms with E-state index in [2.05, 4.69) is 43.0 Å². The van der Waals surface area contributed by atoms with Gasteiger partial charge in [0.15, 0.2) is 0 Å². The molecule has 0 N–H and O–H groups in total. The second-order valence-electron chi connectivity index (χ2n) is 5.29. The minimum atomic E-state index is 0.402. The number of carbonyl (C=O) groups is 1. The predicted octanol–water partition coefficient (Wildman–Crippen LogP) is 3.05. The fraction of sp³-hybridized carbons (Fsp3) is 0.533. The van der Waals surface area contributed by atoms with Crippen LogP contribution in [0.4, 0.5) is 5.69 Å². The highest BCUT2D eigenvalue weighted by atomic mass is 16.1. The van der Waals surface area contributed by atoms with E-state index in [1.165, 1.54) is 11.3 Å². The molecule has 0 aromatic heterocycles. The summed E-state index contributed by atoms with van der Waals surface area (Å²) in [5.41, 5.74) is 2.67. The van der Waals surface area contributed by atoms with Crippen LogP contribution in [0.15, 0.2) is 24.3 Å². The molecule has 1 aromatic carbocycles. The number of hydrogen-bond donors (Lipinski definition) is 0. The maximum atomic E-state index is 11.2. The highest BCUT2D eigenvalue weighted by Gasteiger charge is 2.16. The van der Waals surface area contributed by atoms with Crippen LogP contribution in [0.2, 0.25) is 0 Å². The molecule has 1 aromatic rings. The Morgan fingerprint density at radius 1 is 1.24 bits per heavy atom. The SMILES string of the molecule is CC(C)Cc1cccc(N2CCC(=O)CC2)c1. The Morgan fingerprint density at radius 2 is 1.94 bits per heavy atom. The fourth-order valence-electron chi connectivity index (χ4n) is 2.37. The van der Waals surface area contributed by atoms with Crippen molar-refractivity contribution in [3.63, 3.8) is 0 Å². The van der Waals surface area contributed by atoms with Crippen molar-refractivity contribution in [2.75, 3.05) is 18.0 Å². The second-order valence-corrected chi connectivity index (χ2v) is 5.29. The van der Waals surface area contributed by atoms with Crippen LogP contribution < -0.4 is 4.90 Å². The third kappa shape index (κ3) is 3.32. The Labute approximate surface area is 104 Å². The van der Waals surface area contributed by atoms with E-state index in [1.54, 1.807) is 0 Å². The summed E-state index contributed by atoms with van der Waals surface area (Å²) in [5, 5.41) is 0. The molecule has 1 aliphatic heterocycles. The van der Waals surface area contributed by atoms with Gasteiger partial charge in [0.25, 0.3) is 0 Å². The van der Waals surface area contributed by atoms with Crippen LogP contribution in [0.1, 0.15) is 32.3 Å². The lowest BCUT2D eigenvalue weighted by molar-refractivity contribution is -0.119. The molecule has 2 rings (SSSR count). The van der Waals surface area contributed by atoms with Crippen molar-refractivity contribution in [1.82, 2.24) is 0 Å². The van der Waals surface area contributed by atoms with E-state index in [0.29, 0.717) is 24.5 Å². The molecular formula is C15H21NO. The molecule has 0 aliphatic carbocycles. The summed E-state index contributed by atoms with van der Waals surface area (Å²) in [6.07, 6.45) is 2.53. The molecule has 2 heteroatoms. The zero-order chi connectivity index (χ0) is 12.3. The molecule has 1 aliphatic rings. The lowest BCUT2D eigenvalue weighted by atomic mass is 10.0. The number of benzene rings is 1. The van der Waals surface area contributed by atoms with Gasteiger partial charge < -0.3 is 4.90 Å². The van der Waals surface area contributed by atoms with Crippen LogP contribution >= 0.6 is 0 Å². The van der Waals surface area contributed by atoms with Crippen molar-refractivity contribution in [1.29, 1.82) is 0 Å². The zero-order valence-corrected chi connectivity index (χ0v) is 10.8. The van der Waals surface area contributed by atoms with Crippen molar-refractivity contribution in [3.8, 4) is 0 Å². The van der Waals surface area contributed by atoms with Gasteiger partial charge in [0.2, 0.25) is 0 Å². The van der Waals surface area contributed by atoms with Gasteiger partial charge in [-0.15, -0.1) is 0 Å². The van der Waals surface area contributed by atoms with Crippen LogP contribution in [-0.2, 0) is 11.2 Å². The molecule has 1 heterocycles. The highest BCUT2D eigenvalue weighted by Crippen LogP contribution is 2.21. The Kier molecular flexibility index (Phi) is 3.82. The van der Waals surface area contributed by atoms with E-state index >= 15 is 0 Å². The smallest absolute Gasteiger partial charge is 0.136 e. The molecule has 1 saturated heterocycles. The summed E-state index contributed by atoms with van der Waals surface area (Å²) < 4.78 is 0. The van der Waals surface area contributed by atoms with Gasteiger partial charge in [-0.25, -0.2) is 0 Å². The Hall–Kier alpha value is -1.31. The number of rotatable bonds is 3. The summed E-state index contributed by atoms with van der Waals surface area (Å²) in [6.45, 7) is 6.24. The number of piperidine rings is 1. The van der Waals surface area contributed by atoms with Crippen LogP contribution in [0.3, 0.4) is 0 Å². The lowest BCUT2D eigenvalue weighted by Crippen LogP contribution is -2.33. The van der Waals surface area contributed by atoms with Gasteiger partial charge in [-0.3, -0.25) is 4.79 Å². The average Bonchev–Trinajstić information content (AvgIpc) is 2.29. The monoisotopic (exact) mass is 231 g/mol. The molecule has 0 saturated carbocycles. The molecule has 2 nitrogen and oxygen atoms in total. The van der Waals surface area contributed by atoms with Crippen LogP contribution in [-0.4, -0.2) is 18.9 Å². The first-order valence-electron chi connectivity index (χ1n) is 6.51. The van der Waals surface area contributed by atoms with E-state index in [0.717, 1.165) is 19.5 Å². The minimum absolute atomic E-state index is 0.402. The Morgan fingerprint density at radius 3 is 2.59 bits per heavy atom. The summed E-state index contributed by atoms with van der Waals surface area (Å²) >= 11 is 0. The number of ketones is 1. The standard InChI is InChI=1S/C15H21NO/c1-12(2)10-13-4-3-5-14(11-13)16-8-6-15(17)7-9-16/h3-5,11-12H,6-10H2,1-2H3. The summed E-state index contributed by atoms with van der Waals surface area (Å²) in [5.74, 6) is 1.09. The number of nitrogens with zero attached hydrogens (tertiary/aromatic N) is 1. The second kappa shape index (κ2) is 5.35. The molecule has 0 radical (unpaired) electrons. The Bertz CT molecular complexity index is 388. The van der Waals surface area contributed by atoms with Crippen molar-refractivity contribution in [2.24, 2.45) is 5.92 Å². The highest BCUT2D eigenvalue weighted by molar-refractivity contribution is 5.81. The predicted molar refractivity (Wildman–Crippen MR) is 71.4 cm³/mol. The van der Waals surface area contributed by atoms with Crippen molar-refractivity contribution in [3.05, 3.63) is 29.8 Å². The number of carbonyl (C=O) groups excluding carboxylic acids is 1. The number of Topliss-reactive ketones (excluding diaryl/α,β-unsaturated/α-hetero) is 1. The van der Waals surface area contributed by atoms with Gasteiger partial charge in [0.05, 0.1) is 0 Å². The number of anilines is 1. The molecule has 0 spiro atoms. The largest absolute Gasteiger partial charge is 0.371 e. The first-order chi connectivity index (χ1) is 8.15. The zero-order valence-electron chi connectivity index (χ0n) is 10.8. The van der Waals surface area contributed by atoms with E-state index < -0.39 is 0 Å². The summed E-state index contributed by atoms with van der Waals surface area (Å²) in [4.78, 5) is 13.6. The first kappa shape index (κ1) is 12.2. The topological polar surface area (TPSA) is 20.3 Å². The molecular weight excluding hydrogens is 210 g/mol. The van der Waals surface area contributed by atoms with Crippen molar-refractivity contribution in [2.45, 2.75) is 33.1 Å². The van der Waals surface area contributed by atoms with Gasteiger partial charge in [-0.1, -0.05) is 26.0 Å². The summed E-state index contributed by atoms with van der Waals surface area (Å²) in [6, 6.07) is 8.75. The number of hydrogen-bond acceptors (Lipinski definition) is 2. The first-order valence-corrected chi connectivity index (χ1v) is 6.51. The summed E-state index contributed by atoms with van der Waals surface area (Å²) in [7, 11) is 0. The maximum absolute atomic E-state index is 11.2. The normalized spacial score (nSPS) is 16.6. The molecule has 0 atom stereocenters. The molecule has 0 unspecified atom stereocenters. The molecule has 92 valence electrons. The third-order valence-electron chi connectivity index (χ3n) is 3.24. The van der Waals surface area contributed by atoms with E-state index in [1.807, 2.05) is 0 Å². The van der Waals surface area contributed by atoms with Gasteiger partial charge in [-0.2, -0.15) is 0 Å². The minimum Gasteiger partial charge on any atom is -0.371 e. The molecule has 0 amide bonds. The van der Waals surface area contributed by atoms with Gasteiger partial charge in [0.1, 0.15) is 5.78 Å². The quantitative estimate of drug-likeness (QED) is 0.797. The average molecular weight is 231 g/mol. The van der Waals surface area contributed by atoms with E-state index in [4.69, 9.17) is 0 Å². The van der Waals surface area contributed by atoms with E-state index in [-0.39, 0.29) is 0 Å². The Balaban J connectivity index is 2.07. The molecule has 17 heavy (non-hydrogen) atoms. The maximum Gasteiger partial charge on any atom is 0.136 e. The van der Waals surface area contributed by atoms with Crippen LogP contribution in [0, 0.1) is 5.92 Å². The van der Waals surface area contributed by atoms with Gasteiger partial charge >= 0.3 is 0 Å². The fourth-order valence-corrected chi connectivity index (χ4v) is 2.37.